The highest BCUT2D eigenvalue weighted by atomic mass is 16.5. The van der Waals surface area contributed by atoms with E-state index in [-0.39, 0.29) is 35.8 Å². The second-order valence-corrected chi connectivity index (χ2v) is 6.10. The zero-order valence-electron chi connectivity index (χ0n) is 16.3. The largest absolute Gasteiger partial charge is 0.465 e. The molecule has 3 aromatic rings. The quantitative estimate of drug-likeness (QED) is 0.616. The molecule has 9 heteroatoms. The number of fused-ring (bicyclic) bond motifs is 1. The number of nitrogens with zero attached hydrogens (tertiary/aromatic N) is 3. The fraction of sp³-hybridized carbons (Fsp3) is 0.238. The van der Waals surface area contributed by atoms with Crippen LogP contribution in [0.3, 0.4) is 0 Å². The van der Waals surface area contributed by atoms with Crippen molar-refractivity contribution < 1.29 is 19.1 Å². The van der Waals surface area contributed by atoms with Crippen molar-refractivity contribution in [2.75, 3.05) is 13.2 Å². The summed E-state index contributed by atoms with van der Waals surface area (Å²) in [6.07, 6.45) is 0. The average molecular weight is 406 g/mol. The summed E-state index contributed by atoms with van der Waals surface area (Å²) in [5, 5.41) is 9.49. The second-order valence-electron chi connectivity index (χ2n) is 6.10. The van der Waals surface area contributed by atoms with E-state index in [0.29, 0.717) is 11.1 Å². The Bertz CT molecular complexity index is 1200. The monoisotopic (exact) mass is 406 g/mol. The Labute approximate surface area is 171 Å². The summed E-state index contributed by atoms with van der Waals surface area (Å²) < 4.78 is 9.92. The Morgan fingerprint density at radius 2 is 1.83 bits per heavy atom. The van der Waals surface area contributed by atoms with Gasteiger partial charge in [-0.3, -0.25) is 9.59 Å². The number of aromatic nitrogens is 3. The Hall–Kier alpha value is -4.06. The Balaban J connectivity index is 2.25. The first-order chi connectivity index (χ1) is 14.5. The molecule has 2 heterocycles. The van der Waals surface area contributed by atoms with Crippen LogP contribution in [-0.4, -0.2) is 40.1 Å². The van der Waals surface area contributed by atoms with Gasteiger partial charge in [-0.2, -0.15) is 5.26 Å². The summed E-state index contributed by atoms with van der Waals surface area (Å²) in [5.74, 6) is -3.21. The number of nitrogens with one attached hydrogen (secondary N) is 1. The summed E-state index contributed by atoms with van der Waals surface area (Å²) >= 11 is 0. The molecule has 0 spiro atoms. The Morgan fingerprint density at radius 1 is 1.13 bits per heavy atom. The van der Waals surface area contributed by atoms with E-state index in [9.17, 15) is 19.6 Å². The molecule has 9 nitrogen and oxygen atoms in total. The van der Waals surface area contributed by atoms with Crippen LogP contribution in [0, 0.1) is 11.3 Å². The normalized spacial score (nSPS) is 11.5. The van der Waals surface area contributed by atoms with Crippen molar-refractivity contribution in [1.29, 1.82) is 5.26 Å². The van der Waals surface area contributed by atoms with Gasteiger partial charge in [-0.1, -0.05) is 30.3 Å². The van der Waals surface area contributed by atoms with E-state index in [2.05, 4.69) is 15.0 Å². The van der Waals surface area contributed by atoms with Crippen molar-refractivity contribution in [3.8, 4) is 17.2 Å². The first-order valence-electron chi connectivity index (χ1n) is 9.23. The van der Waals surface area contributed by atoms with Gasteiger partial charge in [0, 0.05) is 5.56 Å². The molecule has 0 aliphatic heterocycles. The van der Waals surface area contributed by atoms with Gasteiger partial charge in [-0.25, -0.2) is 14.8 Å². The number of hydrogen-bond acceptors (Lipinski definition) is 8. The van der Waals surface area contributed by atoms with E-state index in [4.69, 9.17) is 9.47 Å². The number of pyridine rings is 1. The van der Waals surface area contributed by atoms with Crippen molar-refractivity contribution >= 4 is 23.1 Å². The van der Waals surface area contributed by atoms with Gasteiger partial charge in [-0.05, 0) is 25.5 Å². The molecule has 0 fully saturated rings. The van der Waals surface area contributed by atoms with Crippen molar-refractivity contribution in [1.82, 2.24) is 15.0 Å². The smallest absolute Gasteiger partial charge is 0.358 e. The van der Waals surface area contributed by atoms with Gasteiger partial charge < -0.3 is 14.5 Å². The summed E-state index contributed by atoms with van der Waals surface area (Å²) in [7, 11) is 0. The highest BCUT2D eigenvalue weighted by Gasteiger charge is 2.31. The molecule has 0 amide bonds. The molecule has 0 radical (unpaired) electrons. The third kappa shape index (κ3) is 4.03. The predicted molar refractivity (Wildman–Crippen MR) is 107 cm³/mol. The topological polar surface area (TPSA) is 135 Å². The third-order valence-electron chi connectivity index (χ3n) is 4.19. The minimum absolute atomic E-state index is 0.0345. The van der Waals surface area contributed by atoms with Crippen LogP contribution in [0.4, 0.5) is 0 Å². The van der Waals surface area contributed by atoms with Crippen LogP contribution in [0.5, 0.6) is 0 Å². The molecule has 2 aromatic heterocycles. The maximum absolute atomic E-state index is 12.6. The molecule has 0 saturated heterocycles. The minimum Gasteiger partial charge on any atom is -0.465 e. The second kappa shape index (κ2) is 8.96. The molecular weight excluding hydrogens is 388 g/mol. The number of rotatable bonds is 6. The van der Waals surface area contributed by atoms with Crippen LogP contribution in [0.15, 0.2) is 41.2 Å². The molecule has 0 bridgehead atoms. The van der Waals surface area contributed by atoms with Crippen LogP contribution in [0.1, 0.15) is 35.9 Å². The lowest BCUT2D eigenvalue weighted by molar-refractivity contribution is -0.143. The fourth-order valence-corrected chi connectivity index (χ4v) is 2.87. The number of nitriles is 1. The summed E-state index contributed by atoms with van der Waals surface area (Å²) in [4.78, 5) is 48.3. The lowest BCUT2D eigenvalue weighted by Crippen LogP contribution is -2.22. The highest BCUT2D eigenvalue weighted by Crippen LogP contribution is 2.23. The molecule has 1 atom stereocenters. The number of aromatic amines is 1. The highest BCUT2D eigenvalue weighted by molar-refractivity contribution is 5.94. The Morgan fingerprint density at radius 3 is 2.47 bits per heavy atom. The van der Waals surface area contributed by atoms with Gasteiger partial charge in [0.25, 0.3) is 5.56 Å². The summed E-state index contributed by atoms with van der Waals surface area (Å²) in [5.41, 5.74) is 0.295. The molecular formula is C21H18N4O5. The molecule has 30 heavy (non-hydrogen) atoms. The van der Waals surface area contributed by atoms with Gasteiger partial charge in [0.15, 0.2) is 17.3 Å². The minimum atomic E-state index is -1.50. The number of ether oxygens (including phenoxy) is 2. The summed E-state index contributed by atoms with van der Waals surface area (Å²) in [6.45, 7) is 3.32. The number of hydrogen-bond donors (Lipinski definition) is 1. The average Bonchev–Trinajstić information content (AvgIpc) is 2.74. The SMILES string of the molecule is CCOC(=O)c1nc2cc(-c3ccccc3)c(=O)[nH]c2nc1C(C#N)C(=O)OCC. The van der Waals surface area contributed by atoms with Crippen LogP contribution < -0.4 is 5.56 Å². The van der Waals surface area contributed by atoms with E-state index in [1.165, 1.54) is 6.07 Å². The van der Waals surface area contributed by atoms with Crippen molar-refractivity contribution in [2.45, 2.75) is 19.8 Å². The van der Waals surface area contributed by atoms with Gasteiger partial charge in [0.1, 0.15) is 11.2 Å². The third-order valence-corrected chi connectivity index (χ3v) is 4.19. The molecule has 3 rings (SSSR count). The Kier molecular flexibility index (Phi) is 6.17. The number of carbonyl (C=O) groups excluding carboxylic acids is 2. The number of carbonyl (C=O) groups is 2. The van der Waals surface area contributed by atoms with Crippen molar-refractivity contribution in [3.63, 3.8) is 0 Å². The number of benzene rings is 1. The molecule has 1 aromatic carbocycles. The van der Waals surface area contributed by atoms with E-state index in [1.54, 1.807) is 44.2 Å². The number of H-pyrrole nitrogens is 1. The standard InChI is InChI=1S/C21H18N4O5/c1-3-29-20(27)14(11-22)16-17(21(28)30-4-2)23-15-10-13(12-8-6-5-7-9-12)19(26)25-18(15)24-16/h5-10,14H,3-4H2,1-2H3,(H,24,25,26). The molecule has 0 saturated carbocycles. The van der Waals surface area contributed by atoms with Crippen molar-refractivity contribution in [3.05, 3.63) is 58.1 Å². The van der Waals surface area contributed by atoms with Gasteiger partial charge >= 0.3 is 11.9 Å². The lowest BCUT2D eigenvalue weighted by Gasteiger charge is -2.13. The molecule has 1 N–H and O–H groups in total. The van der Waals surface area contributed by atoms with Gasteiger partial charge in [0.2, 0.25) is 0 Å². The number of esters is 2. The first kappa shape index (κ1) is 20.7. The van der Waals surface area contributed by atoms with E-state index in [1.807, 2.05) is 6.07 Å². The summed E-state index contributed by atoms with van der Waals surface area (Å²) in [6, 6.07) is 12.2. The van der Waals surface area contributed by atoms with E-state index in [0.717, 1.165) is 0 Å². The van der Waals surface area contributed by atoms with Crippen molar-refractivity contribution in [2.24, 2.45) is 0 Å². The van der Waals surface area contributed by atoms with Gasteiger partial charge in [0.05, 0.1) is 19.3 Å². The maximum Gasteiger partial charge on any atom is 0.358 e. The van der Waals surface area contributed by atoms with Gasteiger partial charge in [-0.15, -0.1) is 0 Å². The first-order valence-corrected chi connectivity index (χ1v) is 9.23. The van der Waals surface area contributed by atoms with Crippen LogP contribution in [-0.2, 0) is 14.3 Å². The molecule has 0 aliphatic carbocycles. The molecule has 1 unspecified atom stereocenters. The van der Waals surface area contributed by atoms with E-state index >= 15 is 0 Å². The maximum atomic E-state index is 12.6. The molecule has 0 aliphatic rings. The lowest BCUT2D eigenvalue weighted by atomic mass is 10.0. The van der Waals surface area contributed by atoms with Crippen LogP contribution in [0.25, 0.3) is 22.3 Å². The van der Waals surface area contributed by atoms with E-state index < -0.39 is 23.4 Å². The van der Waals surface area contributed by atoms with Crippen LogP contribution in [0.2, 0.25) is 0 Å². The zero-order chi connectivity index (χ0) is 21.7. The molecule has 152 valence electrons. The predicted octanol–water partition coefficient (Wildman–Crippen LogP) is 2.33. The fourth-order valence-electron chi connectivity index (χ4n) is 2.87. The zero-order valence-corrected chi connectivity index (χ0v) is 16.3. The van der Waals surface area contributed by atoms with Crippen LogP contribution >= 0.6 is 0 Å².